The van der Waals surface area contributed by atoms with Gasteiger partial charge in [-0.1, -0.05) is 36.4 Å². The number of nitrogens with one attached hydrogen (secondary N) is 2. The zero-order valence-corrected chi connectivity index (χ0v) is 12.9. The highest BCUT2D eigenvalue weighted by Crippen LogP contribution is 2.00. The molecule has 0 bridgehead atoms. The summed E-state index contributed by atoms with van der Waals surface area (Å²) in [7, 11) is 0. The highest BCUT2D eigenvalue weighted by Gasteiger charge is 2.35. The van der Waals surface area contributed by atoms with Crippen LogP contribution in [0.25, 0.3) is 6.08 Å². The van der Waals surface area contributed by atoms with Crippen LogP contribution in [0.1, 0.15) is 18.9 Å². The smallest absolute Gasteiger partial charge is 0.312 e. The Morgan fingerprint density at radius 1 is 1.41 bits per heavy atom. The van der Waals surface area contributed by atoms with Gasteiger partial charge >= 0.3 is 5.97 Å². The average molecular weight is 303 g/mol. The van der Waals surface area contributed by atoms with Crippen molar-refractivity contribution in [2.24, 2.45) is 0 Å². The summed E-state index contributed by atoms with van der Waals surface area (Å²) < 4.78 is 4.96. The maximum absolute atomic E-state index is 12.0. The van der Waals surface area contributed by atoms with Crippen molar-refractivity contribution in [3.63, 3.8) is 0 Å². The Hall–Kier alpha value is -2.14. The molecule has 2 N–H and O–H groups in total. The van der Waals surface area contributed by atoms with Gasteiger partial charge in [0.2, 0.25) is 0 Å². The molecule has 5 heteroatoms. The Kier molecular flexibility index (Phi) is 6.15. The number of piperazine rings is 1. The predicted molar refractivity (Wildman–Crippen MR) is 84.2 cm³/mol. The summed E-state index contributed by atoms with van der Waals surface area (Å²) in [6.45, 7) is 4.29. The zero-order chi connectivity index (χ0) is 15.8. The van der Waals surface area contributed by atoms with E-state index in [2.05, 4.69) is 11.4 Å². The number of amides is 1. The van der Waals surface area contributed by atoms with Crippen molar-refractivity contribution in [2.45, 2.75) is 19.4 Å². The normalized spacial score (nSPS) is 21.6. The lowest BCUT2D eigenvalue weighted by atomic mass is 10.1. The minimum Gasteiger partial charge on any atom is -0.466 e. The second kappa shape index (κ2) is 8.34. The van der Waals surface area contributed by atoms with Crippen LogP contribution in [0.5, 0.6) is 0 Å². The predicted octanol–water partition coefficient (Wildman–Crippen LogP) is 0.0363. The highest BCUT2D eigenvalue weighted by molar-refractivity contribution is 5.85. The van der Waals surface area contributed by atoms with E-state index in [-0.39, 0.29) is 24.3 Å². The summed E-state index contributed by atoms with van der Waals surface area (Å²) in [5.74, 6) is -0.378. The molecule has 1 unspecified atom stereocenters. The molecule has 5 nitrogen and oxygen atoms in total. The standard InChI is InChI=1S/C17H22N2O3/c1-2-22-16(20)13-15-17(21)18-10-12-19(15)11-6-9-14-7-4-3-5-8-14/h3-9,15H,2,10-13H2,1H3,(H,18,21)/p+1/b9-6+/t15-/m0/s1. The lowest BCUT2D eigenvalue weighted by Gasteiger charge is -2.30. The molecular weight excluding hydrogens is 280 g/mol. The quantitative estimate of drug-likeness (QED) is 0.729. The van der Waals surface area contributed by atoms with Gasteiger partial charge in [-0.05, 0) is 18.6 Å². The van der Waals surface area contributed by atoms with Gasteiger partial charge in [-0.2, -0.15) is 0 Å². The first-order valence-corrected chi connectivity index (χ1v) is 7.70. The molecule has 118 valence electrons. The number of carbonyl (C=O) groups excluding carboxylic acids is 2. The van der Waals surface area contributed by atoms with Crippen LogP contribution in [0.3, 0.4) is 0 Å². The fourth-order valence-electron chi connectivity index (χ4n) is 2.61. The molecule has 1 heterocycles. The summed E-state index contributed by atoms with van der Waals surface area (Å²) in [6.07, 6.45) is 4.23. The molecule has 2 rings (SSSR count). The van der Waals surface area contributed by atoms with Crippen LogP contribution in [0.4, 0.5) is 0 Å². The molecule has 1 aliphatic rings. The van der Waals surface area contributed by atoms with E-state index in [9.17, 15) is 9.59 Å². The van der Waals surface area contributed by atoms with Crippen molar-refractivity contribution in [3.05, 3.63) is 42.0 Å². The number of ether oxygens (including phenoxy) is 1. The Bertz CT molecular complexity index is 528. The molecule has 1 amide bonds. The van der Waals surface area contributed by atoms with Gasteiger partial charge in [-0.15, -0.1) is 0 Å². The first-order valence-electron chi connectivity index (χ1n) is 7.70. The van der Waals surface area contributed by atoms with E-state index in [1.165, 1.54) is 0 Å². The molecule has 1 aromatic rings. The third-order valence-corrected chi connectivity index (χ3v) is 3.72. The minimum absolute atomic E-state index is 0.0672. The summed E-state index contributed by atoms with van der Waals surface area (Å²) in [5, 5.41) is 2.83. The number of carbonyl (C=O) groups is 2. The van der Waals surface area contributed by atoms with Crippen molar-refractivity contribution >= 4 is 18.0 Å². The molecule has 0 aromatic heterocycles. The van der Waals surface area contributed by atoms with Gasteiger partial charge in [0.1, 0.15) is 6.42 Å². The fourth-order valence-corrected chi connectivity index (χ4v) is 2.61. The monoisotopic (exact) mass is 303 g/mol. The van der Waals surface area contributed by atoms with Crippen LogP contribution < -0.4 is 10.2 Å². The van der Waals surface area contributed by atoms with Gasteiger partial charge in [0, 0.05) is 0 Å². The van der Waals surface area contributed by atoms with E-state index < -0.39 is 0 Å². The van der Waals surface area contributed by atoms with Gasteiger partial charge in [0.05, 0.1) is 26.2 Å². The Balaban J connectivity index is 1.95. The second-order valence-electron chi connectivity index (χ2n) is 5.28. The summed E-state index contributed by atoms with van der Waals surface area (Å²) in [6, 6.07) is 9.66. The average Bonchev–Trinajstić information content (AvgIpc) is 2.52. The van der Waals surface area contributed by atoms with Crippen molar-refractivity contribution in [1.29, 1.82) is 0 Å². The van der Waals surface area contributed by atoms with Crippen molar-refractivity contribution in [1.82, 2.24) is 5.32 Å². The van der Waals surface area contributed by atoms with Crippen LogP contribution in [0, 0.1) is 0 Å². The number of rotatable bonds is 6. The first kappa shape index (κ1) is 16.2. The molecule has 0 aliphatic carbocycles. The van der Waals surface area contributed by atoms with Crippen LogP contribution >= 0.6 is 0 Å². The van der Waals surface area contributed by atoms with E-state index in [4.69, 9.17) is 4.74 Å². The third kappa shape index (κ3) is 4.70. The third-order valence-electron chi connectivity index (χ3n) is 3.72. The highest BCUT2D eigenvalue weighted by atomic mass is 16.5. The fraction of sp³-hybridized carbons (Fsp3) is 0.412. The number of quaternary nitrogens is 1. The summed E-state index contributed by atoms with van der Waals surface area (Å²) in [4.78, 5) is 24.8. The largest absolute Gasteiger partial charge is 0.466 e. The topological polar surface area (TPSA) is 59.8 Å². The maximum atomic E-state index is 12.0. The van der Waals surface area contributed by atoms with E-state index in [0.29, 0.717) is 19.7 Å². The molecule has 0 spiro atoms. The number of benzene rings is 1. The van der Waals surface area contributed by atoms with Crippen LogP contribution in [0.2, 0.25) is 0 Å². The van der Waals surface area contributed by atoms with Gasteiger partial charge in [-0.25, -0.2) is 0 Å². The lowest BCUT2D eigenvalue weighted by molar-refractivity contribution is -0.911. The SMILES string of the molecule is CCOC(=O)C[C@H]1C(=O)NCC[NH+]1C/C=C/c1ccccc1. The van der Waals surface area contributed by atoms with E-state index in [1.54, 1.807) is 6.92 Å². The Morgan fingerprint density at radius 2 is 2.18 bits per heavy atom. The summed E-state index contributed by atoms with van der Waals surface area (Å²) in [5.41, 5.74) is 1.13. The lowest BCUT2D eigenvalue weighted by Crippen LogP contribution is -3.19. The minimum atomic E-state index is -0.367. The molecule has 1 aliphatic heterocycles. The van der Waals surface area contributed by atoms with E-state index >= 15 is 0 Å². The molecule has 1 saturated heterocycles. The van der Waals surface area contributed by atoms with Crippen molar-refractivity contribution < 1.29 is 19.2 Å². The van der Waals surface area contributed by atoms with Gasteiger partial charge < -0.3 is 15.0 Å². The second-order valence-corrected chi connectivity index (χ2v) is 5.28. The molecule has 0 radical (unpaired) electrons. The first-order chi connectivity index (χ1) is 10.7. The summed E-state index contributed by atoms with van der Waals surface area (Å²) >= 11 is 0. The number of hydrogen-bond donors (Lipinski definition) is 2. The Labute approximate surface area is 130 Å². The van der Waals surface area contributed by atoms with Crippen LogP contribution in [0.15, 0.2) is 36.4 Å². The maximum Gasteiger partial charge on any atom is 0.312 e. The molecule has 1 aromatic carbocycles. The Morgan fingerprint density at radius 3 is 2.91 bits per heavy atom. The molecule has 1 fully saturated rings. The van der Waals surface area contributed by atoms with E-state index in [1.807, 2.05) is 36.4 Å². The van der Waals surface area contributed by atoms with Crippen molar-refractivity contribution in [2.75, 3.05) is 26.2 Å². The number of hydrogen-bond acceptors (Lipinski definition) is 3. The zero-order valence-electron chi connectivity index (χ0n) is 12.9. The molecular formula is C17H23N2O3+. The van der Waals surface area contributed by atoms with E-state index in [0.717, 1.165) is 17.0 Å². The van der Waals surface area contributed by atoms with Crippen molar-refractivity contribution in [3.8, 4) is 0 Å². The molecule has 0 saturated carbocycles. The van der Waals surface area contributed by atoms with Crippen LogP contribution in [-0.4, -0.2) is 44.2 Å². The van der Waals surface area contributed by atoms with Crippen LogP contribution in [-0.2, 0) is 14.3 Å². The number of esters is 1. The van der Waals surface area contributed by atoms with Gasteiger partial charge in [0.15, 0.2) is 6.04 Å². The van der Waals surface area contributed by atoms with Gasteiger partial charge in [0.25, 0.3) is 5.91 Å². The molecule has 2 atom stereocenters. The molecule has 22 heavy (non-hydrogen) atoms. The van der Waals surface area contributed by atoms with Gasteiger partial charge in [-0.3, -0.25) is 9.59 Å².